The standard InChI is InChI=1S/C30H38N2/c1-25(2)13-19-31-21-15-29(16-22-31)11-9-27-5-7-28(8-6-27)10-12-30-17-23-32(24-18-30)20-14-26(3)4/h5-12,15-18,21-26H,13-14,19-20H2,1-4H3/q+2/b11-9+,12-10+. The molecule has 0 amide bonds. The largest absolute Gasteiger partial charge is 0.205 e. The average Bonchev–Trinajstić information content (AvgIpc) is 2.80. The van der Waals surface area contributed by atoms with Gasteiger partial charge in [0.2, 0.25) is 0 Å². The topological polar surface area (TPSA) is 7.76 Å². The van der Waals surface area contributed by atoms with Crippen molar-refractivity contribution in [3.8, 4) is 0 Å². The van der Waals surface area contributed by atoms with Crippen LogP contribution < -0.4 is 9.13 Å². The van der Waals surface area contributed by atoms with Crippen LogP contribution in [0.4, 0.5) is 0 Å². The van der Waals surface area contributed by atoms with Gasteiger partial charge in [-0.05, 0) is 34.1 Å². The van der Waals surface area contributed by atoms with Crippen LogP contribution in [0.2, 0.25) is 0 Å². The third kappa shape index (κ3) is 8.26. The number of aryl methyl sites for hydroxylation is 2. The lowest BCUT2D eigenvalue weighted by Gasteiger charge is -2.01. The summed E-state index contributed by atoms with van der Waals surface area (Å²) in [4.78, 5) is 0. The Balaban J connectivity index is 1.53. The molecule has 2 aromatic heterocycles. The van der Waals surface area contributed by atoms with E-state index in [9.17, 15) is 0 Å². The minimum atomic E-state index is 0.735. The highest BCUT2D eigenvalue weighted by Gasteiger charge is 2.03. The van der Waals surface area contributed by atoms with Crippen molar-refractivity contribution in [3.63, 3.8) is 0 Å². The molecule has 0 unspecified atom stereocenters. The molecule has 0 bridgehead atoms. The molecule has 0 radical (unpaired) electrons. The molecular formula is C30H38N2+2. The zero-order chi connectivity index (χ0) is 22.8. The van der Waals surface area contributed by atoms with E-state index in [4.69, 9.17) is 0 Å². The van der Waals surface area contributed by atoms with E-state index in [2.05, 4.69) is 134 Å². The monoisotopic (exact) mass is 426 g/mol. The molecule has 0 aliphatic carbocycles. The van der Waals surface area contributed by atoms with E-state index < -0.39 is 0 Å². The van der Waals surface area contributed by atoms with Crippen LogP contribution in [0.15, 0.2) is 73.3 Å². The van der Waals surface area contributed by atoms with Gasteiger partial charge in [0, 0.05) is 37.1 Å². The second kappa shape index (κ2) is 12.1. The zero-order valence-electron chi connectivity index (χ0n) is 20.1. The van der Waals surface area contributed by atoms with Crippen LogP contribution in [0.5, 0.6) is 0 Å². The summed E-state index contributed by atoms with van der Waals surface area (Å²) in [7, 11) is 0. The van der Waals surface area contributed by atoms with E-state index >= 15 is 0 Å². The minimum absolute atomic E-state index is 0.735. The molecule has 2 heteroatoms. The molecule has 0 aliphatic heterocycles. The van der Waals surface area contributed by atoms with Crippen molar-refractivity contribution >= 4 is 24.3 Å². The Hall–Kier alpha value is -3.00. The molecule has 3 aromatic rings. The van der Waals surface area contributed by atoms with Gasteiger partial charge in [0.1, 0.15) is 13.1 Å². The molecule has 0 atom stereocenters. The third-order valence-electron chi connectivity index (χ3n) is 5.64. The molecule has 166 valence electrons. The Morgan fingerprint density at radius 2 is 0.781 bits per heavy atom. The summed E-state index contributed by atoms with van der Waals surface area (Å²) in [5, 5.41) is 0. The molecule has 3 rings (SSSR count). The van der Waals surface area contributed by atoms with E-state index in [1.165, 1.54) is 35.1 Å². The molecule has 0 saturated heterocycles. The molecule has 32 heavy (non-hydrogen) atoms. The molecule has 1 aromatic carbocycles. The Labute approximate surface area is 194 Å². The maximum absolute atomic E-state index is 2.27. The first-order chi connectivity index (χ1) is 15.5. The van der Waals surface area contributed by atoms with Crippen molar-refractivity contribution in [2.75, 3.05) is 0 Å². The highest BCUT2D eigenvalue weighted by Crippen LogP contribution is 2.12. The Kier molecular flexibility index (Phi) is 8.98. The van der Waals surface area contributed by atoms with Gasteiger partial charge in [0.15, 0.2) is 24.8 Å². The molecule has 0 spiro atoms. The molecule has 2 heterocycles. The second-order valence-corrected chi connectivity index (χ2v) is 9.44. The van der Waals surface area contributed by atoms with E-state index in [0.717, 1.165) is 24.9 Å². The van der Waals surface area contributed by atoms with Crippen LogP contribution in [0, 0.1) is 11.8 Å². The van der Waals surface area contributed by atoms with Crippen molar-refractivity contribution in [1.82, 2.24) is 0 Å². The summed E-state index contributed by atoms with van der Waals surface area (Å²) in [5.41, 5.74) is 4.88. The highest BCUT2D eigenvalue weighted by molar-refractivity contribution is 5.72. The van der Waals surface area contributed by atoms with Crippen molar-refractivity contribution < 1.29 is 9.13 Å². The van der Waals surface area contributed by atoms with Crippen LogP contribution in [-0.4, -0.2) is 0 Å². The van der Waals surface area contributed by atoms with E-state index in [-0.39, 0.29) is 0 Å². The first kappa shape index (κ1) is 23.7. The molecule has 0 aliphatic rings. The normalized spacial score (nSPS) is 11.9. The smallest absolute Gasteiger partial charge is 0.169 e. The Morgan fingerprint density at radius 3 is 1.06 bits per heavy atom. The van der Waals surface area contributed by atoms with Gasteiger partial charge in [-0.1, -0.05) is 76.3 Å². The summed E-state index contributed by atoms with van der Waals surface area (Å²) in [6, 6.07) is 17.4. The number of hydrogen-bond donors (Lipinski definition) is 0. The Bertz CT molecular complexity index is 908. The lowest BCUT2D eigenvalue weighted by Crippen LogP contribution is -2.33. The van der Waals surface area contributed by atoms with E-state index in [1.807, 2.05) is 0 Å². The van der Waals surface area contributed by atoms with Crippen molar-refractivity contribution in [2.45, 2.75) is 53.6 Å². The lowest BCUT2D eigenvalue weighted by molar-refractivity contribution is -0.698. The number of aromatic nitrogens is 2. The van der Waals surface area contributed by atoms with Crippen LogP contribution in [0.25, 0.3) is 24.3 Å². The Morgan fingerprint density at radius 1 is 0.500 bits per heavy atom. The maximum atomic E-state index is 2.27. The lowest BCUT2D eigenvalue weighted by atomic mass is 10.1. The van der Waals surface area contributed by atoms with Crippen molar-refractivity contribution in [1.29, 1.82) is 0 Å². The zero-order valence-corrected chi connectivity index (χ0v) is 20.1. The second-order valence-electron chi connectivity index (χ2n) is 9.44. The van der Waals surface area contributed by atoms with Gasteiger partial charge in [-0.25, -0.2) is 9.13 Å². The molecule has 0 fully saturated rings. The molecule has 0 saturated carbocycles. The van der Waals surface area contributed by atoms with Crippen LogP contribution in [0.1, 0.15) is 62.8 Å². The van der Waals surface area contributed by atoms with Gasteiger partial charge in [0.25, 0.3) is 0 Å². The quantitative estimate of drug-likeness (QED) is 0.319. The molecule has 0 N–H and O–H groups in total. The average molecular weight is 427 g/mol. The number of nitrogens with zero attached hydrogens (tertiary/aromatic N) is 2. The van der Waals surface area contributed by atoms with Crippen molar-refractivity contribution in [2.24, 2.45) is 11.8 Å². The van der Waals surface area contributed by atoms with E-state index in [1.54, 1.807) is 0 Å². The first-order valence-electron chi connectivity index (χ1n) is 11.9. The third-order valence-corrected chi connectivity index (χ3v) is 5.64. The van der Waals surface area contributed by atoms with Crippen LogP contribution in [-0.2, 0) is 13.1 Å². The summed E-state index contributed by atoms with van der Waals surface area (Å²) in [6.45, 7) is 11.2. The number of pyridine rings is 2. The first-order valence-corrected chi connectivity index (χ1v) is 11.9. The fourth-order valence-electron chi connectivity index (χ4n) is 3.38. The van der Waals surface area contributed by atoms with Crippen molar-refractivity contribution in [3.05, 3.63) is 95.6 Å². The highest BCUT2D eigenvalue weighted by atomic mass is 14.9. The van der Waals surface area contributed by atoms with Gasteiger partial charge in [-0.2, -0.15) is 0 Å². The number of hydrogen-bond acceptors (Lipinski definition) is 0. The number of rotatable bonds is 10. The summed E-state index contributed by atoms with van der Waals surface area (Å²) in [5.74, 6) is 1.47. The number of benzene rings is 1. The molecular weight excluding hydrogens is 388 g/mol. The fraction of sp³-hybridized carbons (Fsp3) is 0.333. The van der Waals surface area contributed by atoms with Gasteiger partial charge in [-0.3, -0.25) is 0 Å². The maximum Gasteiger partial charge on any atom is 0.169 e. The van der Waals surface area contributed by atoms with Gasteiger partial charge >= 0.3 is 0 Å². The SMILES string of the molecule is CC(C)CC[n+]1ccc(/C=C/c2ccc(/C=C/c3cc[n+](CCC(C)C)cc3)cc2)cc1. The van der Waals surface area contributed by atoms with Gasteiger partial charge < -0.3 is 0 Å². The summed E-state index contributed by atoms with van der Waals surface area (Å²) >= 11 is 0. The summed E-state index contributed by atoms with van der Waals surface area (Å²) in [6.07, 6.45) is 19.8. The van der Waals surface area contributed by atoms with Gasteiger partial charge in [-0.15, -0.1) is 0 Å². The van der Waals surface area contributed by atoms with Gasteiger partial charge in [0.05, 0.1) is 0 Å². The summed E-state index contributed by atoms with van der Waals surface area (Å²) < 4.78 is 4.52. The fourth-order valence-corrected chi connectivity index (χ4v) is 3.38. The van der Waals surface area contributed by atoms with E-state index in [0.29, 0.717) is 0 Å². The molecule has 2 nitrogen and oxygen atoms in total. The predicted molar refractivity (Wildman–Crippen MR) is 136 cm³/mol. The predicted octanol–water partition coefficient (Wildman–Crippen LogP) is 6.69. The van der Waals surface area contributed by atoms with Crippen LogP contribution in [0.3, 0.4) is 0 Å². The minimum Gasteiger partial charge on any atom is -0.205 e. The van der Waals surface area contributed by atoms with Crippen LogP contribution >= 0.6 is 0 Å².